The fraction of sp³-hybridized carbons (Fsp3) is 0.448. The SMILES string of the molecule is Cc1ccc(C(=O)c2c(C3CCCC3)nc3c(c2-c2ccsc2)[C@@H](C)CC(C)(C)C3)cc1. The Morgan fingerprint density at radius 2 is 1.81 bits per heavy atom. The maximum Gasteiger partial charge on any atom is 0.195 e. The molecule has 0 bridgehead atoms. The molecule has 2 aromatic heterocycles. The van der Waals surface area contributed by atoms with E-state index in [1.165, 1.54) is 40.8 Å². The second kappa shape index (κ2) is 8.26. The normalized spacial score (nSPS) is 20.3. The van der Waals surface area contributed by atoms with Crippen LogP contribution in [0.15, 0.2) is 41.1 Å². The number of rotatable bonds is 4. The van der Waals surface area contributed by atoms with E-state index in [9.17, 15) is 4.79 Å². The molecule has 166 valence electrons. The van der Waals surface area contributed by atoms with E-state index in [-0.39, 0.29) is 11.2 Å². The van der Waals surface area contributed by atoms with Gasteiger partial charge in [0.15, 0.2) is 5.78 Å². The summed E-state index contributed by atoms with van der Waals surface area (Å²) in [6, 6.07) is 10.3. The number of fused-ring (bicyclic) bond motifs is 1. The monoisotopic (exact) mass is 443 g/mol. The van der Waals surface area contributed by atoms with Crippen LogP contribution in [0.5, 0.6) is 0 Å². The maximum absolute atomic E-state index is 14.1. The third-order valence-electron chi connectivity index (χ3n) is 7.43. The molecule has 2 aliphatic carbocycles. The highest BCUT2D eigenvalue weighted by molar-refractivity contribution is 7.08. The Bertz CT molecular complexity index is 1130. The van der Waals surface area contributed by atoms with Gasteiger partial charge in [-0.3, -0.25) is 9.78 Å². The van der Waals surface area contributed by atoms with Gasteiger partial charge in [0.1, 0.15) is 0 Å². The Balaban J connectivity index is 1.81. The molecule has 1 fully saturated rings. The molecular formula is C29H33NOS. The number of aryl methyl sites for hydroxylation is 1. The first-order chi connectivity index (χ1) is 15.3. The predicted molar refractivity (Wildman–Crippen MR) is 134 cm³/mol. The highest BCUT2D eigenvalue weighted by atomic mass is 32.1. The maximum atomic E-state index is 14.1. The molecule has 2 nitrogen and oxygen atoms in total. The van der Waals surface area contributed by atoms with Crippen LogP contribution in [0.2, 0.25) is 0 Å². The fourth-order valence-corrected chi connectivity index (χ4v) is 6.72. The van der Waals surface area contributed by atoms with E-state index < -0.39 is 0 Å². The van der Waals surface area contributed by atoms with Crippen LogP contribution in [-0.2, 0) is 6.42 Å². The first-order valence-electron chi connectivity index (χ1n) is 12.0. The lowest BCUT2D eigenvalue weighted by atomic mass is 9.68. The van der Waals surface area contributed by atoms with Crippen LogP contribution in [0.25, 0.3) is 11.1 Å². The van der Waals surface area contributed by atoms with Crippen LogP contribution in [0, 0.1) is 12.3 Å². The van der Waals surface area contributed by atoms with Gasteiger partial charge in [-0.15, -0.1) is 0 Å². The Kier molecular flexibility index (Phi) is 5.57. The summed E-state index contributed by atoms with van der Waals surface area (Å²) in [7, 11) is 0. The van der Waals surface area contributed by atoms with Gasteiger partial charge in [-0.25, -0.2) is 0 Å². The van der Waals surface area contributed by atoms with Crippen molar-refractivity contribution in [3.63, 3.8) is 0 Å². The lowest BCUT2D eigenvalue weighted by Crippen LogP contribution is -2.28. The number of ketones is 1. The molecule has 3 heteroatoms. The van der Waals surface area contributed by atoms with E-state index in [1.54, 1.807) is 11.3 Å². The number of benzene rings is 1. The zero-order chi connectivity index (χ0) is 22.5. The third kappa shape index (κ3) is 3.85. The molecule has 2 aliphatic rings. The number of carbonyl (C=O) groups is 1. The van der Waals surface area contributed by atoms with E-state index >= 15 is 0 Å². The lowest BCUT2D eigenvalue weighted by molar-refractivity contribution is 0.103. The van der Waals surface area contributed by atoms with Crippen molar-refractivity contribution in [1.29, 1.82) is 0 Å². The smallest absolute Gasteiger partial charge is 0.195 e. The highest BCUT2D eigenvalue weighted by Crippen LogP contribution is 2.49. The molecule has 0 N–H and O–H groups in total. The molecule has 0 amide bonds. The van der Waals surface area contributed by atoms with Gasteiger partial charge in [-0.05, 0) is 71.9 Å². The fourth-order valence-electron chi connectivity index (χ4n) is 6.07. The van der Waals surface area contributed by atoms with Crippen molar-refractivity contribution >= 4 is 17.1 Å². The zero-order valence-electron chi connectivity index (χ0n) is 19.7. The van der Waals surface area contributed by atoms with Gasteiger partial charge < -0.3 is 0 Å². The topological polar surface area (TPSA) is 30.0 Å². The Labute approximate surface area is 196 Å². The number of aromatic nitrogens is 1. The second-order valence-corrected chi connectivity index (χ2v) is 11.5. The van der Waals surface area contributed by atoms with Crippen molar-refractivity contribution in [1.82, 2.24) is 4.98 Å². The van der Waals surface area contributed by atoms with Crippen LogP contribution in [0.4, 0.5) is 0 Å². The second-order valence-electron chi connectivity index (χ2n) is 10.7. The summed E-state index contributed by atoms with van der Waals surface area (Å²) in [6.45, 7) is 9.11. The van der Waals surface area contributed by atoms with Gasteiger partial charge in [-0.1, -0.05) is 63.4 Å². The van der Waals surface area contributed by atoms with Crippen LogP contribution in [-0.4, -0.2) is 10.8 Å². The average molecular weight is 444 g/mol. The van der Waals surface area contributed by atoms with Gasteiger partial charge in [-0.2, -0.15) is 11.3 Å². The quantitative estimate of drug-likeness (QED) is 0.381. The Morgan fingerprint density at radius 3 is 2.47 bits per heavy atom. The van der Waals surface area contributed by atoms with E-state index in [0.717, 1.165) is 42.5 Å². The lowest BCUT2D eigenvalue weighted by Gasteiger charge is -2.37. The Morgan fingerprint density at radius 1 is 1.09 bits per heavy atom. The number of pyridine rings is 1. The molecule has 0 aliphatic heterocycles. The van der Waals surface area contributed by atoms with Crippen molar-refractivity contribution in [2.24, 2.45) is 5.41 Å². The van der Waals surface area contributed by atoms with Crippen molar-refractivity contribution in [2.75, 3.05) is 0 Å². The van der Waals surface area contributed by atoms with Crippen LogP contribution in [0.1, 0.15) is 103 Å². The standard InChI is InChI=1S/C29H33NOS/c1-18-9-11-21(12-10-18)28(31)26-25(22-13-14-32-17-22)24-19(2)15-29(3,4)16-23(24)30-27(26)20-7-5-6-8-20/h9-14,17,19-20H,5-8,15-16H2,1-4H3/t19-/m0/s1. The number of thiophene rings is 1. The van der Waals surface area contributed by atoms with Gasteiger partial charge in [0, 0.05) is 22.7 Å². The van der Waals surface area contributed by atoms with Crippen LogP contribution in [0.3, 0.4) is 0 Å². The third-order valence-corrected chi connectivity index (χ3v) is 8.12. The molecule has 1 saturated carbocycles. The van der Waals surface area contributed by atoms with Crippen LogP contribution >= 0.6 is 11.3 Å². The summed E-state index contributed by atoms with van der Waals surface area (Å²) in [5.74, 6) is 0.918. The minimum Gasteiger partial charge on any atom is -0.289 e. The minimum absolute atomic E-state index is 0.139. The molecular weight excluding hydrogens is 410 g/mol. The molecule has 0 unspecified atom stereocenters. The van der Waals surface area contributed by atoms with Gasteiger partial charge >= 0.3 is 0 Å². The summed E-state index contributed by atoms with van der Waals surface area (Å²) in [5.41, 5.74) is 9.05. The molecule has 1 atom stereocenters. The number of hydrogen-bond donors (Lipinski definition) is 0. The largest absolute Gasteiger partial charge is 0.289 e. The molecule has 0 saturated heterocycles. The van der Waals surface area contributed by atoms with Crippen molar-refractivity contribution < 1.29 is 4.79 Å². The van der Waals surface area contributed by atoms with Gasteiger partial charge in [0.25, 0.3) is 0 Å². The van der Waals surface area contributed by atoms with Crippen LogP contribution < -0.4 is 0 Å². The molecule has 5 rings (SSSR count). The highest BCUT2D eigenvalue weighted by Gasteiger charge is 2.37. The van der Waals surface area contributed by atoms with Crippen molar-refractivity contribution in [3.05, 3.63) is 74.7 Å². The minimum atomic E-state index is 0.139. The molecule has 0 radical (unpaired) electrons. The number of nitrogens with zero attached hydrogens (tertiary/aromatic N) is 1. The first kappa shape index (κ1) is 21.6. The summed E-state index contributed by atoms with van der Waals surface area (Å²) >= 11 is 1.71. The Hall–Kier alpha value is -2.26. The summed E-state index contributed by atoms with van der Waals surface area (Å²) < 4.78 is 0. The van der Waals surface area contributed by atoms with Crippen molar-refractivity contribution in [2.45, 2.75) is 78.1 Å². The van der Waals surface area contributed by atoms with E-state index in [2.05, 4.69) is 44.5 Å². The average Bonchev–Trinajstić information content (AvgIpc) is 3.46. The molecule has 1 aromatic carbocycles. The predicted octanol–water partition coefficient (Wildman–Crippen LogP) is 8.08. The summed E-state index contributed by atoms with van der Waals surface area (Å²) in [6.07, 6.45) is 6.86. The van der Waals surface area contributed by atoms with E-state index in [0.29, 0.717) is 11.8 Å². The van der Waals surface area contributed by atoms with Gasteiger partial charge in [0.2, 0.25) is 0 Å². The number of carbonyl (C=O) groups excluding carboxylic acids is 1. The first-order valence-corrected chi connectivity index (χ1v) is 13.0. The summed E-state index contributed by atoms with van der Waals surface area (Å²) in [4.78, 5) is 19.5. The van der Waals surface area contributed by atoms with E-state index in [4.69, 9.17) is 4.98 Å². The van der Waals surface area contributed by atoms with E-state index in [1.807, 2.05) is 24.3 Å². The molecule has 0 spiro atoms. The molecule has 2 heterocycles. The van der Waals surface area contributed by atoms with Crippen molar-refractivity contribution in [3.8, 4) is 11.1 Å². The molecule has 3 aromatic rings. The summed E-state index contributed by atoms with van der Waals surface area (Å²) in [5, 5.41) is 4.35. The molecule has 32 heavy (non-hydrogen) atoms. The zero-order valence-corrected chi connectivity index (χ0v) is 20.5. The van der Waals surface area contributed by atoms with Gasteiger partial charge in [0.05, 0.1) is 11.3 Å². The number of hydrogen-bond acceptors (Lipinski definition) is 3.